The van der Waals surface area contributed by atoms with Crippen LogP contribution in [0.2, 0.25) is 0 Å². The van der Waals surface area contributed by atoms with Crippen molar-refractivity contribution in [2.45, 2.75) is 51.0 Å². The Morgan fingerprint density at radius 2 is 2.03 bits per heavy atom. The van der Waals surface area contributed by atoms with Crippen molar-refractivity contribution in [3.05, 3.63) is 58.9 Å². The fraction of sp³-hybridized carbons (Fsp3) is 0.360. The van der Waals surface area contributed by atoms with Gasteiger partial charge in [0, 0.05) is 29.3 Å². The molecular weight excluding hydrogens is 428 g/mol. The topological polar surface area (TPSA) is 80.1 Å². The van der Waals surface area contributed by atoms with E-state index in [9.17, 15) is 14.3 Å². The van der Waals surface area contributed by atoms with E-state index < -0.39 is 17.4 Å². The van der Waals surface area contributed by atoms with Crippen LogP contribution in [0.1, 0.15) is 55.3 Å². The second kappa shape index (κ2) is 7.38. The SMILES string of the molecule is CO[C@]1(C(=O)O)C[C@H](c2c(C(C)C)n(-c3ccc(F)c(C)c3)c3cc4cn[nH]c4c(F)c32)C1. The van der Waals surface area contributed by atoms with Crippen molar-refractivity contribution in [3.8, 4) is 5.69 Å². The molecule has 1 aliphatic carbocycles. The van der Waals surface area contributed by atoms with Gasteiger partial charge in [-0.05, 0) is 67.0 Å². The van der Waals surface area contributed by atoms with Gasteiger partial charge in [0.2, 0.25) is 0 Å². The van der Waals surface area contributed by atoms with Gasteiger partial charge in [-0.25, -0.2) is 13.6 Å². The number of H-pyrrole nitrogens is 1. The first-order chi connectivity index (χ1) is 15.7. The number of nitrogens with zero attached hydrogens (tertiary/aromatic N) is 2. The number of carboxylic acids is 1. The molecule has 0 saturated heterocycles. The maximum atomic E-state index is 15.9. The zero-order valence-corrected chi connectivity index (χ0v) is 18.9. The normalized spacial score (nSPS) is 20.6. The summed E-state index contributed by atoms with van der Waals surface area (Å²) in [6, 6.07) is 6.73. The van der Waals surface area contributed by atoms with Crippen molar-refractivity contribution in [3.63, 3.8) is 0 Å². The van der Waals surface area contributed by atoms with E-state index >= 15 is 4.39 Å². The second-order valence-electron chi connectivity index (χ2n) is 9.25. The predicted molar refractivity (Wildman–Crippen MR) is 121 cm³/mol. The van der Waals surface area contributed by atoms with E-state index in [4.69, 9.17) is 4.74 Å². The molecule has 0 spiro atoms. The highest BCUT2D eigenvalue weighted by atomic mass is 19.1. The number of carboxylic acid groups (broad SMARTS) is 1. The van der Waals surface area contributed by atoms with E-state index in [1.54, 1.807) is 25.3 Å². The number of hydrogen-bond donors (Lipinski definition) is 2. The van der Waals surface area contributed by atoms with Crippen LogP contribution in [0.5, 0.6) is 0 Å². The van der Waals surface area contributed by atoms with Gasteiger partial charge in [-0.2, -0.15) is 5.10 Å². The molecule has 2 heterocycles. The first-order valence-electron chi connectivity index (χ1n) is 10.9. The Labute approximate surface area is 189 Å². The van der Waals surface area contributed by atoms with Crippen molar-refractivity contribution in [2.75, 3.05) is 7.11 Å². The minimum absolute atomic E-state index is 0.00370. The summed E-state index contributed by atoms with van der Waals surface area (Å²) in [6.45, 7) is 5.74. The number of rotatable bonds is 5. The van der Waals surface area contributed by atoms with E-state index in [2.05, 4.69) is 10.2 Å². The number of fused-ring (bicyclic) bond motifs is 2. The number of aromatic amines is 1. The lowest BCUT2D eigenvalue weighted by atomic mass is 9.66. The summed E-state index contributed by atoms with van der Waals surface area (Å²) < 4.78 is 37.3. The quantitative estimate of drug-likeness (QED) is 0.414. The molecule has 0 radical (unpaired) electrons. The Hall–Kier alpha value is -3.26. The van der Waals surface area contributed by atoms with Crippen LogP contribution < -0.4 is 0 Å². The van der Waals surface area contributed by atoms with E-state index in [-0.39, 0.29) is 30.5 Å². The fourth-order valence-electron chi connectivity index (χ4n) is 5.25. The van der Waals surface area contributed by atoms with Crippen LogP contribution >= 0.6 is 0 Å². The number of aliphatic carboxylic acids is 1. The average molecular weight is 453 g/mol. The fourth-order valence-corrected chi connectivity index (χ4v) is 5.25. The molecule has 0 unspecified atom stereocenters. The molecule has 2 N–H and O–H groups in total. The summed E-state index contributed by atoms with van der Waals surface area (Å²) in [6.07, 6.45) is 2.07. The van der Waals surface area contributed by atoms with Gasteiger partial charge in [0.1, 0.15) is 11.3 Å². The van der Waals surface area contributed by atoms with Gasteiger partial charge < -0.3 is 14.4 Å². The number of aryl methyl sites for hydroxylation is 1. The lowest BCUT2D eigenvalue weighted by Gasteiger charge is -2.43. The Balaban J connectivity index is 1.85. The van der Waals surface area contributed by atoms with Crippen LogP contribution in [0.15, 0.2) is 30.5 Å². The maximum Gasteiger partial charge on any atom is 0.335 e. The number of halogens is 2. The highest BCUT2D eigenvalue weighted by Crippen LogP contribution is 2.52. The molecule has 5 rings (SSSR count). The summed E-state index contributed by atoms with van der Waals surface area (Å²) in [4.78, 5) is 11.8. The molecule has 8 heteroatoms. The molecule has 0 atom stereocenters. The Morgan fingerprint density at radius 1 is 1.30 bits per heavy atom. The summed E-state index contributed by atoms with van der Waals surface area (Å²) in [5.74, 6) is -1.94. The number of methoxy groups -OCH3 is 1. The molecule has 1 saturated carbocycles. The van der Waals surface area contributed by atoms with Gasteiger partial charge >= 0.3 is 5.97 Å². The van der Waals surface area contributed by atoms with Crippen LogP contribution in [0.3, 0.4) is 0 Å². The molecule has 1 aliphatic rings. The molecule has 0 aliphatic heterocycles. The van der Waals surface area contributed by atoms with Crippen LogP contribution in [0.25, 0.3) is 27.5 Å². The zero-order valence-electron chi connectivity index (χ0n) is 18.9. The standard InChI is InChI=1S/C25H25F2N3O3/c1-12(2)23-19(15-9-25(10-15,33-4)24(31)32)20-18(8-14-11-28-29-22(14)21(20)27)30(23)16-5-6-17(26)13(3)7-16/h5-8,11-12,15H,9-10H2,1-4H3,(H,28,29)(H,31,32)/t15-,25+. The van der Waals surface area contributed by atoms with Crippen LogP contribution in [-0.4, -0.2) is 38.6 Å². The summed E-state index contributed by atoms with van der Waals surface area (Å²) in [5, 5.41) is 17.5. The van der Waals surface area contributed by atoms with Crippen molar-refractivity contribution < 1.29 is 23.4 Å². The number of nitrogens with one attached hydrogen (secondary N) is 1. The molecule has 2 aromatic carbocycles. The van der Waals surface area contributed by atoms with Crippen LogP contribution in [-0.2, 0) is 9.53 Å². The minimum atomic E-state index is -1.27. The summed E-state index contributed by atoms with van der Waals surface area (Å²) in [7, 11) is 1.40. The van der Waals surface area contributed by atoms with Crippen molar-refractivity contribution >= 4 is 27.8 Å². The summed E-state index contributed by atoms with van der Waals surface area (Å²) in [5.41, 5.74) is 2.57. The van der Waals surface area contributed by atoms with Gasteiger partial charge in [-0.15, -0.1) is 0 Å². The van der Waals surface area contributed by atoms with Crippen LogP contribution in [0.4, 0.5) is 8.78 Å². The first kappa shape index (κ1) is 21.6. The smallest absolute Gasteiger partial charge is 0.335 e. The number of hydrogen-bond acceptors (Lipinski definition) is 3. The third kappa shape index (κ3) is 3.00. The maximum absolute atomic E-state index is 15.9. The highest BCUT2D eigenvalue weighted by molar-refractivity contribution is 6.00. The van der Waals surface area contributed by atoms with E-state index in [1.165, 1.54) is 13.2 Å². The van der Waals surface area contributed by atoms with Crippen LogP contribution in [0, 0.1) is 18.6 Å². The molecular formula is C25H25F2N3O3. The van der Waals surface area contributed by atoms with Gasteiger partial charge in [0.15, 0.2) is 11.4 Å². The Bertz CT molecular complexity index is 1410. The monoisotopic (exact) mass is 453 g/mol. The predicted octanol–water partition coefficient (Wildman–Crippen LogP) is 5.56. The molecule has 0 bridgehead atoms. The summed E-state index contributed by atoms with van der Waals surface area (Å²) >= 11 is 0. The Morgan fingerprint density at radius 3 is 2.64 bits per heavy atom. The first-order valence-corrected chi connectivity index (χ1v) is 10.9. The van der Waals surface area contributed by atoms with E-state index in [1.807, 2.05) is 24.5 Å². The van der Waals surface area contributed by atoms with Crippen molar-refractivity contribution in [2.24, 2.45) is 0 Å². The van der Waals surface area contributed by atoms with E-state index in [0.717, 1.165) is 16.9 Å². The lowest BCUT2D eigenvalue weighted by Crippen LogP contribution is -2.51. The number of carbonyl (C=O) groups is 1. The third-order valence-corrected chi connectivity index (χ3v) is 6.97. The Kier molecular flexibility index (Phi) is 4.83. The number of ether oxygens (including phenoxy) is 1. The largest absolute Gasteiger partial charge is 0.479 e. The van der Waals surface area contributed by atoms with Gasteiger partial charge in [0.05, 0.1) is 11.7 Å². The van der Waals surface area contributed by atoms with E-state index in [0.29, 0.717) is 27.4 Å². The molecule has 172 valence electrons. The second-order valence-corrected chi connectivity index (χ2v) is 9.25. The lowest BCUT2D eigenvalue weighted by molar-refractivity contribution is -0.175. The molecule has 33 heavy (non-hydrogen) atoms. The molecule has 4 aromatic rings. The minimum Gasteiger partial charge on any atom is -0.479 e. The number of benzene rings is 2. The highest BCUT2D eigenvalue weighted by Gasteiger charge is 2.53. The third-order valence-electron chi connectivity index (χ3n) is 6.97. The number of aromatic nitrogens is 3. The molecule has 1 fully saturated rings. The van der Waals surface area contributed by atoms with Gasteiger partial charge in [-0.1, -0.05) is 13.8 Å². The van der Waals surface area contributed by atoms with Gasteiger partial charge in [-0.3, -0.25) is 5.10 Å². The van der Waals surface area contributed by atoms with Gasteiger partial charge in [0.25, 0.3) is 0 Å². The zero-order chi connectivity index (χ0) is 23.7. The molecule has 6 nitrogen and oxygen atoms in total. The van der Waals surface area contributed by atoms with Crippen molar-refractivity contribution in [1.29, 1.82) is 0 Å². The average Bonchev–Trinajstić information content (AvgIpc) is 3.33. The van der Waals surface area contributed by atoms with Crippen molar-refractivity contribution in [1.82, 2.24) is 14.8 Å². The molecule has 0 amide bonds. The molecule has 2 aromatic heterocycles.